The molecule has 0 aliphatic carbocycles. The molecule has 0 N–H and O–H groups in total. The monoisotopic (exact) mass is 255 g/mol. The molecule has 0 bridgehead atoms. The summed E-state index contributed by atoms with van der Waals surface area (Å²) in [4.78, 5) is 10.7. The molecule has 1 aromatic heterocycles. The highest BCUT2D eigenvalue weighted by Crippen LogP contribution is 2.24. The molecule has 6 heteroatoms. The van der Waals surface area contributed by atoms with Crippen molar-refractivity contribution in [1.82, 2.24) is 9.78 Å². The first-order valence-corrected chi connectivity index (χ1v) is 6.27. The van der Waals surface area contributed by atoms with Gasteiger partial charge in [0.05, 0.1) is 11.5 Å². The summed E-state index contributed by atoms with van der Waals surface area (Å²) in [6, 6.07) is 0. The van der Waals surface area contributed by atoms with E-state index in [4.69, 9.17) is 0 Å². The van der Waals surface area contributed by atoms with Gasteiger partial charge in [-0.1, -0.05) is 26.0 Å². The molecule has 0 aliphatic heterocycles. The minimum Gasteiger partial charge on any atom is -0.258 e. The van der Waals surface area contributed by atoms with Gasteiger partial charge in [-0.05, 0) is 12.8 Å². The molecule has 0 atom stereocenters. The molecule has 94 valence electrons. The summed E-state index contributed by atoms with van der Waals surface area (Å²) >= 11 is 4.07. The minimum absolute atomic E-state index is 0.175. The lowest BCUT2D eigenvalue weighted by Crippen LogP contribution is -2.03. The van der Waals surface area contributed by atoms with Crippen molar-refractivity contribution < 1.29 is 4.92 Å². The predicted octanol–water partition coefficient (Wildman–Crippen LogP) is 2.40. The topological polar surface area (TPSA) is 61.0 Å². The van der Waals surface area contributed by atoms with E-state index in [0.717, 1.165) is 0 Å². The number of hydrogen-bond acceptors (Lipinski definition) is 4. The average molecular weight is 255 g/mol. The number of nitro groups is 1. The van der Waals surface area contributed by atoms with Crippen LogP contribution in [0.3, 0.4) is 0 Å². The maximum absolute atomic E-state index is 11.0. The summed E-state index contributed by atoms with van der Waals surface area (Å²) < 4.78 is 1.71. The first-order chi connectivity index (χ1) is 8.15. The summed E-state index contributed by atoms with van der Waals surface area (Å²) in [7, 11) is 0. The molecule has 0 saturated carbocycles. The second-order valence-corrected chi connectivity index (χ2v) is 3.91. The molecular formula is C11H17N3O2S. The number of aryl methyl sites for hydroxylation is 1. The molecule has 17 heavy (non-hydrogen) atoms. The average Bonchev–Trinajstić information content (AvgIpc) is 2.67. The lowest BCUT2D eigenvalue weighted by atomic mass is 10.2. The van der Waals surface area contributed by atoms with Gasteiger partial charge in [0.15, 0.2) is 0 Å². The van der Waals surface area contributed by atoms with Crippen molar-refractivity contribution in [2.24, 2.45) is 0 Å². The first-order valence-electron chi connectivity index (χ1n) is 5.64. The number of aromatic nitrogens is 2. The van der Waals surface area contributed by atoms with Gasteiger partial charge in [0, 0.05) is 5.75 Å². The highest BCUT2D eigenvalue weighted by atomic mass is 32.1. The Hall–Kier alpha value is -1.30. The Morgan fingerprint density at radius 3 is 2.59 bits per heavy atom. The van der Waals surface area contributed by atoms with E-state index in [-0.39, 0.29) is 10.6 Å². The van der Waals surface area contributed by atoms with E-state index in [9.17, 15) is 10.1 Å². The highest BCUT2D eigenvalue weighted by Gasteiger charge is 2.24. The third kappa shape index (κ3) is 3.09. The summed E-state index contributed by atoms with van der Waals surface area (Å²) in [6.45, 7) is 4.34. The summed E-state index contributed by atoms with van der Waals surface area (Å²) in [5.41, 5.74) is 1.43. The number of rotatable bonds is 6. The van der Waals surface area contributed by atoms with Crippen LogP contribution < -0.4 is 0 Å². The van der Waals surface area contributed by atoms with Crippen molar-refractivity contribution >= 4 is 18.3 Å². The van der Waals surface area contributed by atoms with Gasteiger partial charge in [-0.15, -0.1) is 0 Å². The molecule has 0 aliphatic rings. The fourth-order valence-electron chi connectivity index (χ4n) is 1.74. The summed E-state index contributed by atoms with van der Waals surface area (Å²) in [5, 5.41) is 15.3. The SMILES string of the molecule is CCc1nn(C/C=C/CS)c(CC)c1[N+](=O)[O-]. The first kappa shape index (κ1) is 13.8. The Balaban J connectivity index is 3.13. The number of nitrogens with zero attached hydrogens (tertiary/aromatic N) is 3. The van der Waals surface area contributed by atoms with E-state index in [2.05, 4.69) is 17.7 Å². The lowest BCUT2D eigenvalue weighted by molar-refractivity contribution is -0.386. The molecule has 0 radical (unpaired) electrons. The van der Waals surface area contributed by atoms with Crippen molar-refractivity contribution in [2.75, 3.05) is 5.75 Å². The highest BCUT2D eigenvalue weighted by molar-refractivity contribution is 7.80. The molecule has 1 aromatic rings. The van der Waals surface area contributed by atoms with E-state index < -0.39 is 0 Å². The molecule has 1 heterocycles. The van der Waals surface area contributed by atoms with E-state index >= 15 is 0 Å². The van der Waals surface area contributed by atoms with E-state index in [1.807, 2.05) is 26.0 Å². The molecule has 0 spiro atoms. The third-order valence-electron chi connectivity index (χ3n) is 2.50. The van der Waals surface area contributed by atoms with Crippen LogP contribution in [-0.4, -0.2) is 20.5 Å². The van der Waals surface area contributed by atoms with Crippen LogP contribution in [0.2, 0.25) is 0 Å². The fourth-order valence-corrected chi connectivity index (χ4v) is 1.89. The Labute approximate surface area is 106 Å². The smallest absolute Gasteiger partial charge is 0.258 e. The lowest BCUT2D eigenvalue weighted by Gasteiger charge is -2.00. The molecule has 0 fully saturated rings. The second-order valence-electron chi connectivity index (χ2n) is 3.54. The normalized spacial score (nSPS) is 11.2. The van der Waals surface area contributed by atoms with Gasteiger partial charge in [0.2, 0.25) is 0 Å². The standard InChI is InChI=1S/C11H17N3O2S/c1-3-9-11(14(15)16)10(4-2)13(12-9)7-5-6-8-17/h5-6,17H,3-4,7-8H2,1-2H3/b6-5+. The van der Waals surface area contributed by atoms with Gasteiger partial charge in [-0.25, -0.2) is 0 Å². The molecule has 0 saturated heterocycles. The van der Waals surface area contributed by atoms with Crippen LogP contribution in [0.1, 0.15) is 25.2 Å². The van der Waals surface area contributed by atoms with E-state index in [0.29, 0.717) is 36.5 Å². The van der Waals surface area contributed by atoms with E-state index in [1.165, 1.54) is 0 Å². The van der Waals surface area contributed by atoms with Crippen LogP contribution in [0.4, 0.5) is 5.69 Å². The Morgan fingerprint density at radius 1 is 1.41 bits per heavy atom. The maximum atomic E-state index is 11.0. The Morgan fingerprint density at radius 2 is 2.12 bits per heavy atom. The van der Waals surface area contributed by atoms with Crippen LogP contribution >= 0.6 is 12.6 Å². The molecule has 5 nitrogen and oxygen atoms in total. The number of hydrogen-bond donors (Lipinski definition) is 1. The zero-order valence-electron chi connectivity index (χ0n) is 10.1. The Bertz CT molecular complexity index is 427. The zero-order valence-corrected chi connectivity index (χ0v) is 11.0. The van der Waals surface area contributed by atoms with E-state index in [1.54, 1.807) is 4.68 Å². The van der Waals surface area contributed by atoms with Gasteiger partial charge in [-0.3, -0.25) is 14.8 Å². The van der Waals surface area contributed by atoms with Gasteiger partial charge in [0.25, 0.3) is 0 Å². The molecule has 0 unspecified atom stereocenters. The van der Waals surface area contributed by atoms with Gasteiger partial charge < -0.3 is 0 Å². The predicted molar refractivity (Wildman–Crippen MR) is 70.6 cm³/mol. The third-order valence-corrected chi connectivity index (χ3v) is 2.71. The molecular weight excluding hydrogens is 238 g/mol. The van der Waals surface area contributed by atoms with Crippen LogP contribution in [0.5, 0.6) is 0 Å². The van der Waals surface area contributed by atoms with Crippen LogP contribution in [0.15, 0.2) is 12.2 Å². The quantitative estimate of drug-likeness (QED) is 0.367. The minimum atomic E-state index is -0.330. The van der Waals surface area contributed by atoms with Crippen LogP contribution in [-0.2, 0) is 19.4 Å². The van der Waals surface area contributed by atoms with Gasteiger partial charge in [0.1, 0.15) is 11.4 Å². The summed E-state index contributed by atoms with van der Waals surface area (Å²) in [6.07, 6.45) is 5.01. The largest absolute Gasteiger partial charge is 0.313 e. The van der Waals surface area contributed by atoms with Gasteiger partial charge >= 0.3 is 5.69 Å². The Kier molecular flexibility index (Phi) is 5.21. The zero-order chi connectivity index (χ0) is 12.8. The van der Waals surface area contributed by atoms with Crippen LogP contribution in [0.25, 0.3) is 0 Å². The second kappa shape index (κ2) is 6.44. The van der Waals surface area contributed by atoms with Crippen molar-refractivity contribution in [2.45, 2.75) is 33.2 Å². The van der Waals surface area contributed by atoms with Crippen LogP contribution in [0, 0.1) is 10.1 Å². The van der Waals surface area contributed by atoms with Gasteiger partial charge in [-0.2, -0.15) is 17.7 Å². The van der Waals surface area contributed by atoms with Crippen molar-refractivity contribution in [3.8, 4) is 0 Å². The van der Waals surface area contributed by atoms with Crippen molar-refractivity contribution in [3.63, 3.8) is 0 Å². The summed E-state index contributed by atoms with van der Waals surface area (Å²) in [5.74, 6) is 0.658. The number of allylic oxidation sites excluding steroid dienone is 1. The van der Waals surface area contributed by atoms with Crippen molar-refractivity contribution in [3.05, 3.63) is 33.7 Å². The van der Waals surface area contributed by atoms with Crippen molar-refractivity contribution in [1.29, 1.82) is 0 Å². The fraction of sp³-hybridized carbons (Fsp3) is 0.545. The maximum Gasteiger partial charge on any atom is 0.313 e. The molecule has 0 amide bonds. The molecule has 1 rings (SSSR count). The molecule has 0 aromatic carbocycles. The number of thiol groups is 1.